The zero-order valence-electron chi connectivity index (χ0n) is 12.0. The number of amides is 1. The number of hydrogen-bond donors (Lipinski definition) is 1. The van der Waals surface area contributed by atoms with Crippen LogP contribution in [0.1, 0.15) is 29.8 Å². The van der Waals surface area contributed by atoms with Gasteiger partial charge in [0.05, 0.1) is 12.0 Å². The van der Waals surface area contributed by atoms with Crippen LogP contribution in [-0.4, -0.2) is 30.9 Å². The van der Waals surface area contributed by atoms with Crippen molar-refractivity contribution in [2.45, 2.75) is 20.8 Å². The molecule has 0 fully saturated rings. The van der Waals surface area contributed by atoms with Crippen LogP contribution >= 0.6 is 0 Å². The maximum Gasteiger partial charge on any atom is 0.254 e. The van der Waals surface area contributed by atoms with Gasteiger partial charge in [0.15, 0.2) is 0 Å². The van der Waals surface area contributed by atoms with Crippen molar-refractivity contribution in [2.24, 2.45) is 5.92 Å². The molecule has 1 atom stereocenters. The van der Waals surface area contributed by atoms with Crippen LogP contribution in [0.4, 0.5) is 5.69 Å². The average molecular weight is 259 g/mol. The number of nitrogens with zero attached hydrogens (tertiary/aromatic N) is 2. The lowest BCUT2D eigenvalue weighted by atomic mass is 10.1. The first-order valence-electron chi connectivity index (χ1n) is 6.50. The van der Waals surface area contributed by atoms with Crippen LogP contribution in [0.5, 0.6) is 0 Å². The largest absolute Gasteiger partial charge is 0.388 e. The summed E-state index contributed by atoms with van der Waals surface area (Å²) in [5.41, 5.74) is 2.63. The quantitative estimate of drug-likeness (QED) is 0.884. The third kappa shape index (κ3) is 3.72. The second-order valence-corrected chi connectivity index (χ2v) is 4.65. The van der Waals surface area contributed by atoms with E-state index in [9.17, 15) is 4.79 Å². The molecule has 0 heterocycles. The van der Waals surface area contributed by atoms with E-state index >= 15 is 0 Å². The van der Waals surface area contributed by atoms with E-state index in [1.165, 1.54) is 0 Å². The van der Waals surface area contributed by atoms with E-state index in [1.54, 1.807) is 4.90 Å². The van der Waals surface area contributed by atoms with Crippen LogP contribution in [0, 0.1) is 24.2 Å². The van der Waals surface area contributed by atoms with Crippen molar-refractivity contribution >= 4 is 11.6 Å². The molecular weight excluding hydrogens is 238 g/mol. The van der Waals surface area contributed by atoms with Gasteiger partial charge in [0.2, 0.25) is 0 Å². The fourth-order valence-corrected chi connectivity index (χ4v) is 1.96. The second kappa shape index (κ2) is 6.79. The molecule has 1 N–H and O–H groups in total. The summed E-state index contributed by atoms with van der Waals surface area (Å²) in [4.78, 5) is 14.2. The van der Waals surface area contributed by atoms with Gasteiger partial charge in [-0.3, -0.25) is 4.79 Å². The molecule has 1 rings (SSSR count). The predicted molar refractivity (Wildman–Crippen MR) is 77.1 cm³/mol. The molecule has 19 heavy (non-hydrogen) atoms. The molecule has 1 unspecified atom stereocenters. The zero-order chi connectivity index (χ0) is 14.4. The van der Waals surface area contributed by atoms with Crippen LogP contribution < -0.4 is 5.32 Å². The summed E-state index contributed by atoms with van der Waals surface area (Å²) in [6.07, 6.45) is 0. The van der Waals surface area contributed by atoms with Crippen molar-refractivity contribution in [3.8, 4) is 6.07 Å². The van der Waals surface area contributed by atoms with E-state index in [0.717, 1.165) is 11.3 Å². The van der Waals surface area contributed by atoms with Gasteiger partial charge in [-0.05, 0) is 44.5 Å². The molecule has 0 radical (unpaired) electrons. The van der Waals surface area contributed by atoms with Gasteiger partial charge in [-0.1, -0.05) is 0 Å². The minimum atomic E-state index is -0.152. The van der Waals surface area contributed by atoms with Gasteiger partial charge >= 0.3 is 0 Å². The third-order valence-electron chi connectivity index (χ3n) is 3.13. The van der Waals surface area contributed by atoms with E-state index in [0.29, 0.717) is 18.7 Å². The SMILES string of the molecule is CCN(CC(C)C#N)C(=O)c1ccc(NC)cc1C. The highest BCUT2D eigenvalue weighted by Crippen LogP contribution is 2.17. The van der Waals surface area contributed by atoms with E-state index in [1.807, 2.05) is 46.0 Å². The van der Waals surface area contributed by atoms with Gasteiger partial charge in [0.1, 0.15) is 0 Å². The number of benzene rings is 1. The molecule has 0 saturated heterocycles. The predicted octanol–water partition coefficient (Wildman–Crippen LogP) is 2.66. The highest BCUT2D eigenvalue weighted by molar-refractivity contribution is 5.96. The Hall–Kier alpha value is -2.02. The molecular formula is C15H21N3O. The molecule has 0 saturated carbocycles. The molecule has 1 aromatic rings. The summed E-state index contributed by atoms with van der Waals surface area (Å²) in [7, 11) is 1.85. The fraction of sp³-hybridized carbons (Fsp3) is 0.467. The lowest BCUT2D eigenvalue weighted by Crippen LogP contribution is -2.34. The standard InChI is InChI=1S/C15H21N3O/c1-5-18(10-11(2)9-16)15(19)14-7-6-13(17-4)8-12(14)3/h6-8,11,17H,5,10H2,1-4H3. The summed E-state index contributed by atoms with van der Waals surface area (Å²) in [6, 6.07) is 7.85. The third-order valence-corrected chi connectivity index (χ3v) is 3.13. The number of aryl methyl sites for hydroxylation is 1. The van der Waals surface area contributed by atoms with Crippen LogP contribution in [0.15, 0.2) is 18.2 Å². The molecule has 0 bridgehead atoms. The van der Waals surface area contributed by atoms with E-state index in [4.69, 9.17) is 5.26 Å². The van der Waals surface area contributed by atoms with E-state index < -0.39 is 0 Å². The minimum absolute atomic E-state index is 0.00949. The normalized spacial score (nSPS) is 11.5. The number of nitriles is 1. The number of rotatable bonds is 5. The van der Waals surface area contributed by atoms with Crippen molar-refractivity contribution in [1.82, 2.24) is 4.90 Å². The van der Waals surface area contributed by atoms with Gasteiger partial charge < -0.3 is 10.2 Å². The molecule has 4 heteroatoms. The second-order valence-electron chi connectivity index (χ2n) is 4.65. The summed E-state index contributed by atoms with van der Waals surface area (Å²) >= 11 is 0. The number of hydrogen-bond acceptors (Lipinski definition) is 3. The summed E-state index contributed by atoms with van der Waals surface area (Å²) in [5, 5.41) is 11.9. The lowest BCUT2D eigenvalue weighted by Gasteiger charge is -2.23. The maximum atomic E-state index is 12.4. The van der Waals surface area contributed by atoms with E-state index in [2.05, 4.69) is 11.4 Å². The van der Waals surface area contributed by atoms with Gasteiger partial charge in [0, 0.05) is 31.4 Å². The molecule has 0 aliphatic rings. The van der Waals surface area contributed by atoms with Crippen molar-refractivity contribution in [3.05, 3.63) is 29.3 Å². The Morgan fingerprint density at radius 1 is 1.53 bits per heavy atom. The van der Waals surface area contributed by atoms with Crippen molar-refractivity contribution in [2.75, 3.05) is 25.5 Å². The van der Waals surface area contributed by atoms with Gasteiger partial charge in [-0.2, -0.15) is 5.26 Å². The number of carbonyl (C=O) groups is 1. The van der Waals surface area contributed by atoms with Crippen LogP contribution in [0.25, 0.3) is 0 Å². The van der Waals surface area contributed by atoms with Crippen LogP contribution in [-0.2, 0) is 0 Å². The molecule has 1 amide bonds. The first kappa shape index (κ1) is 15.0. The van der Waals surface area contributed by atoms with E-state index in [-0.39, 0.29) is 11.8 Å². The highest BCUT2D eigenvalue weighted by atomic mass is 16.2. The molecule has 4 nitrogen and oxygen atoms in total. The number of nitrogens with one attached hydrogen (secondary N) is 1. The smallest absolute Gasteiger partial charge is 0.254 e. The Balaban J connectivity index is 2.95. The summed E-state index contributed by atoms with van der Waals surface area (Å²) in [6.45, 7) is 6.76. The van der Waals surface area contributed by atoms with Gasteiger partial charge in [0.25, 0.3) is 5.91 Å². The summed E-state index contributed by atoms with van der Waals surface area (Å²) < 4.78 is 0. The minimum Gasteiger partial charge on any atom is -0.388 e. The lowest BCUT2D eigenvalue weighted by molar-refractivity contribution is 0.0752. The Bertz CT molecular complexity index is 491. The fourth-order valence-electron chi connectivity index (χ4n) is 1.96. The number of carbonyl (C=O) groups excluding carboxylic acids is 1. The van der Waals surface area contributed by atoms with Gasteiger partial charge in [-0.25, -0.2) is 0 Å². The van der Waals surface area contributed by atoms with Crippen molar-refractivity contribution in [3.63, 3.8) is 0 Å². The number of anilines is 1. The molecule has 0 aromatic heterocycles. The Kier molecular flexibility index (Phi) is 5.37. The first-order chi connectivity index (χ1) is 9.03. The topological polar surface area (TPSA) is 56.1 Å². The highest BCUT2D eigenvalue weighted by Gasteiger charge is 2.18. The molecule has 102 valence electrons. The van der Waals surface area contributed by atoms with Gasteiger partial charge in [-0.15, -0.1) is 0 Å². The molecule has 0 aliphatic carbocycles. The van der Waals surface area contributed by atoms with Crippen LogP contribution in [0.3, 0.4) is 0 Å². The zero-order valence-corrected chi connectivity index (χ0v) is 12.0. The first-order valence-corrected chi connectivity index (χ1v) is 6.50. The average Bonchev–Trinajstić information content (AvgIpc) is 2.43. The molecule has 0 spiro atoms. The Morgan fingerprint density at radius 2 is 2.21 bits per heavy atom. The maximum absolute atomic E-state index is 12.4. The Morgan fingerprint density at radius 3 is 2.68 bits per heavy atom. The van der Waals surface area contributed by atoms with Crippen LogP contribution in [0.2, 0.25) is 0 Å². The monoisotopic (exact) mass is 259 g/mol. The summed E-state index contributed by atoms with van der Waals surface area (Å²) in [5.74, 6) is -0.162. The molecule has 1 aromatic carbocycles. The van der Waals surface area contributed by atoms with Crippen molar-refractivity contribution < 1.29 is 4.79 Å². The van der Waals surface area contributed by atoms with Crippen molar-refractivity contribution in [1.29, 1.82) is 5.26 Å². The molecule has 0 aliphatic heterocycles. The Labute approximate surface area is 115 Å².